The van der Waals surface area contributed by atoms with E-state index >= 15 is 0 Å². The van der Waals surface area contributed by atoms with Crippen LogP contribution in [-0.2, 0) is 12.6 Å². The van der Waals surface area contributed by atoms with Crippen LogP contribution in [0.25, 0.3) is 0 Å². The van der Waals surface area contributed by atoms with Gasteiger partial charge in [0.1, 0.15) is 5.60 Å². The topological polar surface area (TPSA) is 89.8 Å². The Hall–Kier alpha value is -1.01. The van der Waals surface area contributed by atoms with Crippen molar-refractivity contribution in [3.63, 3.8) is 0 Å². The maximum atomic E-state index is 10.2. The van der Waals surface area contributed by atoms with E-state index in [9.17, 15) is 5.11 Å². The molecule has 0 amide bonds. The molecule has 0 saturated heterocycles. The van der Waals surface area contributed by atoms with Gasteiger partial charge in [-0.2, -0.15) is 4.80 Å². The number of rotatable bonds is 1. The Morgan fingerprint density at radius 3 is 2.64 bits per heavy atom. The Bertz CT molecular complexity index is 315. The zero-order chi connectivity index (χ0) is 10.2. The summed E-state index contributed by atoms with van der Waals surface area (Å²) in [6, 6.07) is 0.201. The summed E-state index contributed by atoms with van der Waals surface area (Å²) >= 11 is 0. The molecule has 0 bridgehead atoms. The molecule has 1 aliphatic rings. The van der Waals surface area contributed by atoms with Crippen molar-refractivity contribution in [2.24, 2.45) is 12.8 Å². The molecule has 0 aliphatic heterocycles. The lowest BCUT2D eigenvalue weighted by Gasteiger charge is -2.31. The number of nitrogens with zero attached hydrogens (tertiary/aromatic N) is 4. The zero-order valence-corrected chi connectivity index (χ0v) is 8.22. The zero-order valence-electron chi connectivity index (χ0n) is 8.22. The highest BCUT2D eigenvalue weighted by Gasteiger charge is 2.37. The van der Waals surface area contributed by atoms with E-state index in [2.05, 4.69) is 15.4 Å². The average Bonchev–Trinajstić information content (AvgIpc) is 2.58. The second kappa shape index (κ2) is 3.29. The molecule has 14 heavy (non-hydrogen) atoms. The predicted octanol–water partition coefficient (Wildman–Crippen LogP) is -0.701. The van der Waals surface area contributed by atoms with Gasteiger partial charge in [-0.25, -0.2) is 0 Å². The fourth-order valence-corrected chi connectivity index (χ4v) is 1.81. The quantitative estimate of drug-likeness (QED) is 0.621. The van der Waals surface area contributed by atoms with Crippen LogP contribution in [0, 0.1) is 0 Å². The molecule has 0 aromatic carbocycles. The van der Waals surface area contributed by atoms with Gasteiger partial charge in [-0.3, -0.25) is 0 Å². The van der Waals surface area contributed by atoms with Crippen molar-refractivity contribution in [3.05, 3.63) is 5.82 Å². The summed E-state index contributed by atoms with van der Waals surface area (Å²) in [5.41, 5.74) is 4.85. The van der Waals surface area contributed by atoms with Gasteiger partial charge in [0.05, 0.1) is 7.05 Å². The monoisotopic (exact) mass is 197 g/mol. The molecule has 1 aliphatic carbocycles. The molecule has 2 rings (SSSR count). The van der Waals surface area contributed by atoms with Crippen LogP contribution < -0.4 is 5.73 Å². The molecule has 6 nitrogen and oxygen atoms in total. The Balaban J connectivity index is 2.16. The Kier molecular flexibility index (Phi) is 2.24. The number of hydrogen-bond acceptors (Lipinski definition) is 5. The summed E-state index contributed by atoms with van der Waals surface area (Å²) in [6.07, 6.45) is 2.88. The van der Waals surface area contributed by atoms with Gasteiger partial charge in [0, 0.05) is 6.04 Å². The van der Waals surface area contributed by atoms with Crippen LogP contribution in [0.4, 0.5) is 0 Å². The maximum Gasteiger partial charge on any atom is 0.206 e. The number of aliphatic hydroxyl groups is 1. The largest absolute Gasteiger partial charge is 0.382 e. The summed E-state index contributed by atoms with van der Waals surface area (Å²) < 4.78 is 0. The SMILES string of the molecule is Cn1nnc(C2(O)CCC(N)CC2)n1. The first-order valence-corrected chi connectivity index (χ1v) is 4.82. The van der Waals surface area contributed by atoms with Crippen LogP contribution >= 0.6 is 0 Å². The molecule has 0 atom stereocenters. The molecule has 1 aromatic heterocycles. The van der Waals surface area contributed by atoms with Gasteiger partial charge in [-0.1, -0.05) is 0 Å². The second-order valence-corrected chi connectivity index (χ2v) is 3.97. The van der Waals surface area contributed by atoms with E-state index in [-0.39, 0.29) is 6.04 Å². The van der Waals surface area contributed by atoms with Crippen LogP contribution in [0.1, 0.15) is 31.5 Å². The summed E-state index contributed by atoms with van der Waals surface area (Å²) in [5.74, 6) is 0.423. The standard InChI is InChI=1S/C8H15N5O/c1-13-11-7(10-12-13)8(14)4-2-6(9)3-5-8/h6,14H,2-5,9H2,1H3. The van der Waals surface area contributed by atoms with Crippen LogP contribution in [0.3, 0.4) is 0 Å². The van der Waals surface area contributed by atoms with E-state index in [0.717, 1.165) is 12.8 Å². The first-order chi connectivity index (χ1) is 6.60. The van der Waals surface area contributed by atoms with Gasteiger partial charge >= 0.3 is 0 Å². The van der Waals surface area contributed by atoms with Crippen molar-refractivity contribution in [2.45, 2.75) is 37.3 Å². The molecule has 3 N–H and O–H groups in total. The van der Waals surface area contributed by atoms with Crippen molar-refractivity contribution in [3.8, 4) is 0 Å². The van der Waals surface area contributed by atoms with E-state index in [4.69, 9.17) is 5.73 Å². The van der Waals surface area contributed by atoms with Crippen molar-refractivity contribution < 1.29 is 5.11 Å². The van der Waals surface area contributed by atoms with Crippen molar-refractivity contribution in [1.82, 2.24) is 20.2 Å². The number of hydrogen-bond donors (Lipinski definition) is 2. The fraction of sp³-hybridized carbons (Fsp3) is 0.875. The number of nitrogens with two attached hydrogens (primary N) is 1. The van der Waals surface area contributed by atoms with Crippen molar-refractivity contribution in [2.75, 3.05) is 0 Å². The van der Waals surface area contributed by atoms with Gasteiger partial charge < -0.3 is 10.8 Å². The van der Waals surface area contributed by atoms with Crippen molar-refractivity contribution >= 4 is 0 Å². The van der Waals surface area contributed by atoms with Gasteiger partial charge in [-0.15, -0.1) is 10.2 Å². The first kappa shape index (κ1) is 9.54. The van der Waals surface area contributed by atoms with E-state index in [0.29, 0.717) is 18.7 Å². The lowest BCUT2D eigenvalue weighted by Crippen LogP contribution is -2.37. The fourth-order valence-electron chi connectivity index (χ4n) is 1.81. The molecule has 78 valence electrons. The summed E-state index contributed by atoms with van der Waals surface area (Å²) in [4.78, 5) is 1.36. The molecule has 0 spiro atoms. The number of aryl methyl sites for hydroxylation is 1. The van der Waals surface area contributed by atoms with E-state index < -0.39 is 5.60 Å². The lowest BCUT2D eigenvalue weighted by molar-refractivity contribution is -0.0133. The second-order valence-electron chi connectivity index (χ2n) is 3.97. The summed E-state index contributed by atoms with van der Waals surface area (Å²) in [7, 11) is 1.69. The third-order valence-corrected chi connectivity index (χ3v) is 2.78. The molecule has 6 heteroatoms. The van der Waals surface area contributed by atoms with Crippen molar-refractivity contribution in [1.29, 1.82) is 0 Å². The third-order valence-electron chi connectivity index (χ3n) is 2.78. The first-order valence-electron chi connectivity index (χ1n) is 4.82. The molecular formula is C8H15N5O. The highest BCUT2D eigenvalue weighted by molar-refractivity contribution is 5.00. The van der Waals surface area contributed by atoms with E-state index in [1.165, 1.54) is 4.80 Å². The maximum absolute atomic E-state index is 10.2. The smallest absolute Gasteiger partial charge is 0.206 e. The van der Waals surface area contributed by atoms with Crippen LogP contribution in [0.15, 0.2) is 0 Å². The van der Waals surface area contributed by atoms with Gasteiger partial charge in [0.15, 0.2) is 0 Å². The van der Waals surface area contributed by atoms with E-state index in [1.54, 1.807) is 7.05 Å². The summed E-state index contributed by atoms with van der Waals surface area (Å²) in [5, 5.41) is 21.8. The average molecular weight is 197 g/mol. The van der Waals surface area contributed by atoms with Crippen LogP contribution in [-0.4, -0.2) is 31.4 Å². The minimum atomic E-state index is -0.913. The predicted molar refractivity (Wildman–Crippen MR) is 49.1 cm³/mol. The molecule has 0 radical (unpaired) electrons. The highest BCUT2D eigenvalue weighted by Crippen LogP contribution is 2.34. The molecule has 1 saturated carbocycles. The lowest BCUT2D eigenvalue weighted by atomic mass is 9.82. The molecule has 1 heterocycles. The molecule has 0 unspecified atom stereocenters. The van der Waals surface area contributed by atoms with Crippen LogP contribution in [0.5, 0.6) is 0 Å². The Morgan fingerprint density at radius 1 is 1.50 bits per heavy atom. The van der Waals surface area contributed by atoms with Gasteiger partial charge in [0.25, 0.3) is 0 Å². The molecule has 1 fully saturated rings. The third kappa shape index (κ3) is 1.62. The minimum absolute atomic E-state index is 0.201. The minimum Gasteiger partial charge on any atom is -0.382 e. The number of aromatic nitrogens is 4. The highest BCUT2D eigenvalue weighted by atomic mass is 16.3. The van der Waals surface area contributed by atoms with Gasteiger partial charge in [-0.05, 0) is 30.9 Å². The molecular weight excluding hydrogens is 182 g/mol. The normalized spacial score (nSPS) is 33.2. The Morgan fingerprint density at radius 2 is 2.14 bits per heavy atom. The Labute approximate surface area is 82.1 Å². The molecule has 1 aromatic rings. The van der Waals surface area contributed by atoms with Crippen LogP contribution in [0.2, 0.25) is 0 Å². The summed E-state index contributed by atoms with van der Waals surface area (Å²) in [6.45, 7) is 0. The van der Waals surface area contributed by atoms with Gasteiger partial charge in [0.2, 0.25) is 5.82 Å². The van der Waals surface area contributed by atoms with E-state index in [1.807, 2.05) is 0 Å². The number of tetrazole rings is 1.